The van der Waals surface area contributed by atoms with Gasteiger partial charge in [0.05, 0.1) is 0 Å². The average molecular weight is 493 g/mol. The molecule has 0 saturated carbocycles. The predicted molar refractivity (Wildman–Crippen MR) is 130 cm³/mol. The van der Waals surface area contributed by atoms with Gasteiger partial charge in [-0.15, -0.1) is 0 Å². The van der Waals surface area contributed by atoms with Gasteiger partial charge in [-0.1, -0.05) is 50.2 Å². The van der Waals surface area contributed by atoms with Crippen LogP contribution in [-0.2, 0) is 29.7 Å². The van der Waals surface area contributed by atoms with Crippen molar-refractivity contribution in [2.45, 2.75) is 64.2 Å². The Hall–Kier alpha value is -2.58. The van der Waals surface area contributed by atoms with Crippen LogP contribution < -0.4 is 5.32 Å². The first-order chi connectivity index (χ1) is 16.5. The van der Waals surface area contributed by atoms with Crippen molar-refractivity contribution in [3.63, 3.8) is 0 Å². The lowest BCUT2D eigenvalue weighted by molar-refractivity contribution is -0.192. The molecule has 0 atom stereocenters. The van der Waals surface area contributed by atoms with E-state index in [1.54, 1.807) is 0 Å². The molecule has 0 unspecified atom stereocenters. The quantitative estimate of drug-likeness (QED) is 0.506. The number of alkyl halides is 3. The highest BCUT2D eigenvalue weighted by molar-refractivity contribution is 5.73. The van der Waals surface area contributed by atoms with Crippen molar-refractivity contribution in [1.29, 1.82) is 0 Å². The van der Waals surface area contributed by atoms with Crippen LogP contribution >= 0.6 is 0 Å². The number of hydrogen-bond donors (Lipinski definition) is 3. The van der Waals surface area contributed by atoms with Gasteiger partial charge in [-0.25, -0.2) is 4.79 Å². The van der Waals surface area contributed by atoms with E-state index in [9.17, 15) is 18.3 Å². The number of carboxylic acid groups (broad SMARTS) is 1. The fourth-order valence-corrected chi connectivity index (χ4v) is 4.80. The van der Waals surface area contributed by atoms with Gasteiger partial charge in [-0.2, -0.15) is 13.2 Å². The number of aliphatic hydroxyl groups is 1. The van der Waals surface area contributed by atoms with E-state index in [-0.39, 0.29) is 0 Å². The average Bonchev–Trinajstić information content (AvgIpc) is 3.12. The first-order valence-electron chi connectivity index (χ1n) is 12.1. The smallest absolute Gasteiger partial charge is 0.475 e. The zero-order chi connectivity index (χ0) is 25.6. The molecule has 192 valence electrons. The van der Waals surface area contributed by atoms with Gasteiger partial charge in [-0.3, -0.25) is 4.90 Å². The molecule has 0 spiro atoms. The second-order valence-corrected chi connectivity index (χ2v) is 10.1. The maximum atomic E-state index is 10.6. The molecule has 0 bridgehead atoms. The molecule has 0 amide bonds. The highest BCUT2D eigenvalue weighted by atomic mass is 19.4. The van der Waals surface area contributed by atoms with Crippen molar-refractivity contribution in [3.05, 3.63) is 64.7 Å². The Bertz CT molecular complexity index is 999. The Labute approximate surface area is 205 Å². The number of rotatable bonds is 6. The summed E-state index contributed by atoms with van der Waals surface area (Å²) >= 11 is 0. The van der Waals surface area contributed by atoms with Gasteiger partial charge >= 0.3 is 12.1 Å². The summed E-state index contributed by atoms with van der Waals surface area (Å²) in [6.45, 7) is 9.08. The number of piperidine rings is 1. The molecular formula is C27H35F3N2O3. The Morgan fingerprint density at radius 1 is 1.14 bits per heavy atom. The number of nitrogens with zero attached hydrogens (tertiary/aromatic N) is 1. The molecule has 0 radical (unpaired) electrons. The number of carbonyl (C=O) groups is 1. The number of fused-ring (bicyclic) bond motifs is 1. The second kappa shape index (κ2) is 11.4. The number of hydrogen-bond acceptors (Lipinski definition) is 4. The van der Waals surface area contributed by atoms with Gasteiger partial charge in [0.15, 0.2) is 0 Å². The van der Waals surface area contributed by atoms with E-state index in [1.807, 2.05) is 0 Å². The van der Waals surface area contributed by atoms with E-state index >= 15 is 0 Å². The molecule has 35 heavy (non-hydrogen) atoms. The van der Waals surface area contributed by atoms with Gasteiger partial charge in [0.25, 0.3) is 0 Å². The number of aliphatic hydroxyl groups excluding tert-OH is 1. The SMILES string of the molecule is CC1(C)CCc2cc(CNc3ccccc3CN3CCC(CO)CC3)ccc21.O=C(O)C(F)(F)F. The number of benzene rings is 2. The summed E-state index contributed by atoms with van der Waals surface area (Å²) in [7, 11) is 0. The number of aliphatic carboxylic acids is 1. The topological polar surface area (TPSA) is 72.8 Å². The molecule has 0 aromatic heterocycles. The summed E-state index contributed by atoms with van der Waals surface area (Å²) < 4.78 is 31.7. The minimum atomic E-state index is -5.08. The standard InChI is InChI=1S/C25H34N2O.C2HF3O2/c1-25(2)12-9-21-15-20(7-8-23(21)25)16-26-24-6-4-3-5-22(24)17-27-13-10-19(18-28)11-14-27;3-2(4,5)1(6)7/h3-8,15,19,26,28H,9-14,16-18H2,1-2H3;(H,6,7). The van der Waals surface area contributed by atoms with Gasteiger partial charge in [0.1, 0.15) is 0 Å². The van der Waals surface area contributed by atoms with Gasteiger partial charge in [0.2, 0.25) is 0 Å². The molecule has 1 aliphatic heterocycles. The normalized spacial score (nSPS) is 17.9. The zero-order valence-electron chi connectivity index (χ0n) is 20.4. The summed E-state index contributed by atoms with van der Waals surface area (Å²) in [5.74, 6) is -2.26. The van der Waals surface area contributed by atoms with E-state index in [0.29, 0.717) is 17.9 Å². The maximum absolute atomic E-state index is 10.6. The molecule has 2 aromatic rings. The Kier molecular flexibility index (Phi) is 8.83. The Balaban J connectivity index is 0.000000429. The fraction of sp³-hybridized carbons (Fsp3) is 0.519. The van der Waals surface area contributed by atoms with Crippen molar-refractivity contribution >= 4 is 11.7 Å². The number of para-hydroxylation sites is 1. The number of aryl methyl sites for hydroxylation is 1. The van der Waals surface area contributed by atoms with Crippen LogP contribution in [0.5, 0.6) is 0 Å². The third-order valence-corrected chi connectivity index (χ3v) is 7.02. The summed E-state index contributed by atoms with van der Waals surface area (Å²) in [5.41, 5.74) is 7.37. The van der Waals surface area contributed by atoms with Crippen molar-refractivity contribution in [2.24, 2.45) is 5.92 Å². The number of carboxylic acids is 1. The van der Waals surface area contributed by atoms with Crippen LogP contribution in [0.4, 0.5) is 18.9 Å². The van der Waals surface area contributed by atoms with E-state index in [2.05, 4.69) is 66.5 Å². The molecule has 8 heteroatoms. The molecule has 2 aliphatic rings. The lowest BCUT2D eigenvalue weighted by atomic mass is 9.86. The van der Waals surface area contributed by atoms with E-state index in [1.165, 1.54) is 40.8 Å². The summed E-state index contributed by atoms with van der Waals surface area (Å²) in [4.78, 5) is 11.4. The van der Waals surface area contributed by atoms with E-state index in [0.717, 1.165) is 39.0 Å². The lowest BCUT2D eigenvalue weighted by Gasteiger charge is -2.31. The fourth-order valence-electron chi connectivity index (χ4n) is 4.80. The van der Waals surface area contributed by atoms with Crippen LogP contribution in [0, 0.1) is 5.92 Å². The highest BCUT2D eigenvalue weighted by Gasteiger charge is 2.38. The van der Waals surface area contributed by atoms with Crippen LogP contribution in [0.15, 0.2) is 42.5 Å². The molecule has 1 saturated heterocycles. The molecule has 3 N–H and O–H groups in total. The third-order valence-electron chi connectivity index (χ3n) is 7.02. The zero-order valence-corrected chi connectivity index (χ0v) is 20.4. The monoisotopic (exact) mass is 492 g/mol. The molecule has 1 fully saturated rings. The van der Waals surface area contributed by atoms with Crippen molar-refractivity contribution in [3.8, 4) is 0 Å². The molecule has 1 heterocycles. The number of halogens is 3. The summed E-state index contributed by atoms with van der Waals surface area (Å²) in [6.07, 6.45) is -0.402. The molecule has 1 aliphatic carbocycles. The molecule has 5 nitrogen and oxygen atoms in total. The highest BCUT2D eigenvalue weighted by Crippen LogP contribution is 2.38. The summed E-state index contributed by atoms with van der Waals surface area (Å²) in [5, 5.41) is 20.2. The predicted octanol–water partition coefficient (Wildman–Crippen LogP) is 5.36. The number of likely N-dealkylation sites (tertiary alicyclic amines) is 1. The molecule has 2 aromatic carbocycles. The second-order valence-electron chi connectivity index (χ2n) is 10.1. The van der Waals surface area contributed by atoms with Crippen LogP contribution in [-0.4, -0.2) is 47.0 Å². The Morgan fingerprint density at radius 3 is 2.43 bits per heavy atom. The first-order valence-corrected chi connectivity index (χ1v) is 12.1. The number of nitrogens with one attached hydrogen (secondary N) is 1. The minimum absolute atomic E-state index is 0.331. The largest absolute Gasteiger partial charge is 0.490 e. The lowest BCUT2D eigenvalue weighted by Crippen LogP contribution is -2.34. The van der Waals surface area contributed by atoms with Crippen LogP contribution in [0.25, 0.3) is 0 Å². The third kappa shape index (κ3) is 7.45. The van der Waals surface area contributed by atoms with Crippen molar-refractivity contribution in [2.75, 3.05) is 25.0 Å². The van der Waals surface area contributed by atoms with Crippen LogP contribution in [0.2, 0.25) is 0 Å². The van der Waals surface area contributed by atoms with Crippen molar-refractivity contribution in [1.82, 2.24) is 4.90 Å². The minimum Gasteiger partial charge on any atom is -0.475 e. The van der Waals surface area contributed by atoms with Gasteiger partial charge in [0, 0.05) is 25.4 Å². The van der Waals surface area contributed by atoms with Crippen LogP contribution in [0.3, 0.4) is 0 Å². The summed E-state index contributed by atoms with van der Waals surface area (Å²) in [6, 6.07) is 15.7. The molecule has 4 rings (SSSR count). The van der Waals surface area contributed by atoms with E-state index < -0.39 is 12.1 Å². The van der Waals surface area contributed by atoms with Gasteiger partial charge in [-0.05, 0) is 78.4 Å². The maximum Gasteiger partial charge on any atom is 0.490 e. The van der Waals surface area contributed by atoms with Crippen molar-refractivity contribution < 1.29 is 28.2 Å². The first kappa shape index (κ1) is 27.0. The van der Waals surface area contributed by atoms with Gasteiger partial charge < -0.3 is 15.5 Å². The number of anilines is 1. The van der Waals surface area contributed by atoms with E-state index in [4.69, 9.17) is 9.90 Å². The van der Waals surface area contributed by atoms with Crippen LogP contribution in [0.1, 0.15) is 55.4 Å². The Morgan fingerprint density at radius 2 is 1.80 bits per heavy atom. The molecular weight excluding hydrogens is 457 g/mol.